The summed E-state index contributed by atoms with van der Waals surface area (Å²) in [6.45, 7) is 5.59. The van der Waals surface area contributed by atoms with Gasteiger partial charge in [-0.25, -0.2) is 8.60 Å². The fourth-order valence-corrected chi connectivity index (χ4v) is 2.99. The summed E-state index contributed by atoms with van der Waals surface area (Å²) in [6.07, 6.45) is 1.41. The maximum Gasteiger partial charge on any atom is 0.145 e. The van der Waals surface area contributed by atoms with E-state index < -0.39 is 15.7 Å². The van der Waals surface area contributed by atoms with Crippen molar-refractivity contribution in [2.45, 2.75) is 38.4 Å². The second-order valence-electron chi connectivity index (χ2n) is 5.32. The summed E-state index contributed by atoms with van der Waals surface area (Å²) in [5.41, 5.74) is 2.10. The Kier molecular flexibility index (Phi) is 3.74. The average Bonchev–Trinajstić information content (AvgIpc) is 2.59. The number of aryl methyl sites for hydroxylation is 1. The number of halogens is 2. The lowest BCUT2D eigenvalue weighted by molar-refractivity contribution is 0.623. The molecule has 0 spiro atoms. The van der Waals surface area contributed by atoms with Crippen LogP contribution in [0.5, 0.6) is 0 Å². The molecule has 98 valence electrons. The highest BCUT2D eigenvalue weighted by Crippen LogP contribution is 2.29. The number of hydrogen-bond donors (Lipinski definition) is 0. The topological polar surface area (TPSA) is 29.4 Å². The van der Waals surface area contributed by atoms with E-state index in [0.717, 1.165) is 16.5 Å². The molecular weight excluding hydrogens is 317 g/mol. The van der Waals surface area contributed by atoms with Crippen molar-refractivity contribution in [1.29, 1.82) is 0 Å². The van der Waals surface area contributed by atoms with Crippen LogP contribution in [0.1, 0.15) is 38.3 Å². The zero-order valence-electron chi connectivity index (χ0n) is 10.6. The van der Waals surface area contributed by atoms with Crippen LogP contribution >= 0.6 is 15.9 Å². The SMILES string of the molecule is CC(C)(C)S(=O)/N=C1\CCc2cc(Br)cc(F)c21. The minimum Gasteiger partial charge on any atom is -0.234 e. The predicted molar refractivity (Wildman–Crippen MR) is 76.9 cm³/mol. The number of hydrogen-bond acceptors (Lipinski definition) is 1. The highest BCUT2D eigenvalue weighted by molar-refractivity contribution is 9.10. The molecule has 0 aliphatic heterocycles. The van der Waals surface area contributed by atoms with Gasteiger partial charge in [0.2, 0.25) is 0 Å². The molecule has 0 saturated carbocycles. The van der Waals surface area contributed by atoms with Gasteiger partial charge in [0.25, 0.3) is 0 Å². The zero-order valence-corrected chi connectivity index (χ0v) is 13.0. The Morgan fingerprint density at radius 2 is 2.00 bits per heavy atom. The number of fused-ring (bicyclic) bond motifs is 1. The molecule has 1 unspecified atom stereocenters. The summed E-state index contributed by atoms with van der Waals surface area (Å²) in [4.78, 5) is 0. The van der Waals surface area contributed by atoms with Crippen LogP contribution in [0.3, 0.4) is 0 Å². The highest BCUT2D eigenvalue weighted by Gasteiger charge is 2.26. The first-order valence-corrected chi connectivity index (χ1v) is 7.67. The molecule has 1 aliphatic rings. The molecule has 0 bridgehead atoms. The van der Waals surface area contributed by atoms with Crippen molar-refractivity contribution < 1.29 is 8.60 Å². The van der Waals surface area contributed by atoms with Crippen molar-refractivity contribution in [2.75, 3.05) is 0 Å². The van der Waals surface area contributed by atoms with Crippen molar-refractivity contribution in [1.82, 2.24) is 0 Å². The van der Waals surface area contributed by atoms with Crippen molar-refractivity contribution in [3.63, 3.8) is 0 Å². The molecule has 2 nitrogen and oxygen atoms in total. The molecule has 2 rings (SSSR count). The fraction of sp³-hybridized carbons (Fsp3) is 0.462. The normalized spacial score (nSPS) is 19.1. The van der Waals surface area contributed by atoms with Crippen LogP contribution in [0.2, 0.25) is 0 Å². The third-order valence-electron chi connectivity index (χ3n) is 2.77. The second-order valence-corrected chi connectivity index (χ2v) is 8.14. The number of nitrogens with zero attached hydrogens (tertiary/aromatic N) is 1. The van der Waals surface area contributed by atoms with Crippen molar-refractivity contribution in [3.05, 3.63) is 33.5 Å². The Morgan fingerprint density at radius 1 is 1.33 bits per heavy atom. The van der Waals surface area contributed by atoms with E-state index in [1.54, 1.807) is 0 Å². The number of benzene rings is 1. The highest BCUT2D eigenvalue weighted by atomic mass is 79.9. The maximum atomic E-state index is 13.9. The van der Waals surface area contributed by atoms with Crippen LogP contribution in [-0.4, -0.2) is 14.7 Å². The van der Waals surface area contributed by atoms with E-state index in [4.69, 9.17) is 0 Å². The second kappa shape index (κ2) is 4.85. The van der Waals surface area contributed by atoms with Gasteiger partial charge in [-0.15, -0.1) is 0 Å². The standard InChI is InChI=1S/C13H15BrFNOS/c1-13(2,3)18(17)16-11-5-4-8-6-9(14)7-10(15)12(8)11/h6-7H,4-5H2,1-3H3/b16-11+. The molecule has 1 atom stereocenters. The third-order valence-corrected chi connectivity index (χ3v) is 4.67. The molecule has 0 fully saturated rings. The van der Waals surface area contributed by atoms with Gasteiger partial charge >= 0.3 is 0 Å². The van der Waals surface area contributed by atoms with Crippen LogP contribution in [-0.2, 0) is 17.4 Å². The summed E-state index contributed by atoms with van der Waals surface area (Å²) in [5, 5.41) is 0. The average molecular weight is 332 g/mol. The van der Waals surface area contributed by atoms with Gasteiger partial charge < -0.3 is 0 Å². The van der Waals surface area contributed by atoms with Crippen LogP contribution in [0.25, 0.3) is 0 Å². The summed E-state index contributed by atoms with van der Waals surface area (Å²) in [5.74, 6) is -0.290. The first kappa shape index (κ1) is 13.9. The minimum atomic E-state index is -1.34. The van der Waals surface area contributed by atoms with Gasteiger partial charge in [-0.3, -0.25) is 0 Å². The van der Waals surface area contributed by atoms with E-state index in [-0.39, 0.29) is 5.82 Å². The van der Waals surface area contributed by atoms with E-state index in [1.807, 2.05) is 26.8 Å². The molecule has 0 N–H and O–H groups in total. The van der Waals surface area contributed by atoms with Gasteiger partial charge in [0, 0.05) is 10.0 Å². The molecule has 0 saturated heterocycles. The van der Waals surface area contributed by atoms with Crippen LogP contribution < -0.4 is 0 Å². The number of rotatable bonds is 1. The van der Waals surface area contributed by atoms with Crippen molar-refractivity contribution in [2.24, 2.45) is 4.40 Å². The molecule has 0 aromatic heterocycles. The van der Waals surface area contributed by atoms with Gasteiger partial charge in [-0.05, 0) is 51.3 Å². The van der Waals surface area contributed by atoms with Crippen molar-refractivity contribution in [3.8, 4) is 0 Å². The van der Waals surface area contributed by atoms with Gasteiger partial charge in [-0.1, -0.05) is 15.9 Å². The molecule has 1 aliphatic carbocycles. The van der Waals surface area contributed by atoms with E-state index in [9.17, 15) is 8.60 Å². The molecule has 1 aromatic carbocycles. The quantitative estimate of drug-likeness (QED) is 0.769. The molecular formula is C13H15BrFNOS. The smallest absolute Gasteiger partial charge is 0.145 e. The van der Waals surface area contributed by atoms with Gasteiger partial charge in [0.15, 0.2) is 0 Å². The van der Waals surface area contributed by atoms with Gasteiger partial charge in [0.05, 0.1) is 10.5 Å². The van der Waals surface area contributed by atoms with E-state index in [2.05, 4.69) is 20.3 Å². The Labute approximate surface area is 117 Å². The van der Waals surface area contributed by atoms with Crippen molar-refractivity contribution >= 4 is 32.6 Å². The minimum absolute atomic E-state index is 0.290. The summed E-state index contributed by atoms with van der Waals surface area (Å²) < 4.78 is 30.5. The first-order chi connectivity index (χ1) is 8.29. The molecule has 5 heteroatoms. The van der Waals surface area contributed by atoms with Crippen LogP contribution in [0.15, 0.2) is 21.0 Å². The van der Waals surface area contributed by atoms with Gasteiger partial charge in [0.1, 0.15) is 16.8 Å². The van der Waals surface area contributed by atoms with Crippen LogP contribution in [0, 0.1) is 5.82 Å². The Hall–Kier alpha value is -0.550. The summed E-state index contributed by atoms with van der Waals surface area (Å²) in [6, 6.07) is 3.33. The van der Waals surface area contributed by atoms with E-state index in [0.29, 0.717) is 17.7 Å². The fourth-order valence-electron chi connectivity index (χ4n) is 1.85. The largest absolute Gasteiger partial charge is 0.234 e. The van der Waals surface area contributed by atoms with E-state index >= 15 is 0 Å². The lowest BCUT2D eigenvalue weighted by Gasteiger charge is -2.14. The third kappa shape index (κ3) is 2.72. The summed E-state index contributed by atoms with van der Waals surface area (Å²) in [7, 11) is -1.34. The zero-order chi connectivity index (χ0) is 13.5. The monoisotopic (exact) mass is 331 g/mol. The molecule has 0 radical (unpaired) electrons. The summed E-state index contributed by atoms with van der Waals surface area (Å²) >= 11 is 3.28. The first-order valence-electron chi connectivity index (χ1n) is 5.77. The molecule has 1 aromatic rings. The maximum absolute atomic E-state index is 13.9. The molecule has 0 amide bonds. The Morgan fingerprint density at radius 3 is 2.61 bits per heavy atom. The molecule has 18 heavy (non-hydrogen) atoms. The Balaban J connectivity index is 2.44. The van der Waals surface area contributed by atoms with E-state index in [1.165, 1.54) is 6.07 Å². The van der Waals surface area contributed by atoms with Gasteiger partial charge in [-0.2, -0.15) is 4.40 Å². The predicted octanol–water partition coefficient (Wildman–Crippen LogP) is 3.79. The molecule has 0 heterocycles. The lowest BCUT2D eigenvalue weighted by Crippen LogP contribution is -2.21. The Bertz CT molecular complexity index is 549. The van der Waals surface area contributed by atoms with Crippen LogP contribution in [0.4, 0.5) is 4.39 Å². The lowest BCUT2D eigenvalue weighted by atomic mass is 10.1.